The zero-order chi connectivity index (χ0) is 13.1. The predicted molar refractivity (Wildman–Crippen MR) is 68.3 cm³/mol. The molecule has 1 heterocycles. The number of carbonyl (C=O) groups is 1. The molecule has 1 fully saturated rings. The van der Waals surface area contributed by atoms with E-state index < -0.39 is 0 Å². The molecule has 0 atom stereocenters. The molecule has 0 saturated heterocycles. The van der Waals surface area contributed by atoms with Crippen molar-refractivity contribution in [3.05, 3.63) is 17.5 Å². The highest BCUT2D eigenvalue weighted by Crippen LogP contribution is 2.24. The Bertz CT molecular complexity index is 447. The van der Waals surface area contributed by atoms with E-state index in [-0.39, 0.29) is 17.9 Å². The first-order valence-corrected chi connectivity index (χ1v) is 6.29. The van der Waals surface area contributed by atoms with Crippen LogP contribution in [0.5, 0.6) is 0 Å². The standard InChI is InChI=1S/C12H19N5O/c1-8-10(7-15-16-8)11(18)17(12(13)14)9-5-3-2-4-6-9/h7,9H,2-6H2,1H3,(H3,13,14)(H,15,16). The summed E-state index contributed by atoms with van der Waals surface area (Å²) in [5.41, 5.74) is 6.79. The smallest absolute Gasteiger partial charge is 0.264 e. The van der Waals surface area contributed by atoms with Gasteiger partial charge in [0.25, 0.3) is 5.91 Å². The lowest BCUT2D eigenvalue weighted by Crippen LogP contribution is -2.48. The molecule has 0 spiro atoms. The average molecular weight is 249 g/mol. The molecule has 0 unspecified atom stereocenters. The highest BCUT2D eigenvalue weighted by atomic mass is 16.2. The largest absolute Gasteiger partial charge is 0.370 e. The van der Waals surface area contributed by atoms with E-state index in [0.29, 0.717) is 11.3 Å². The number of aromatic amines is 1. The molecule has 0 aliphatic heterocycles. The normalized spacial score (nSPS) is 16.5. The second-order valence-electron chi connectivity index (χ2n) is 4.76. The van der Waals surface area contributed by atoms with Gasteiger partial charge in [-0.3, -0.25) is 20.2 Å². The Labute approximate surface area is 106 Å². The summed E-state index contributed by atoms with van der Waals surface area (Å²) in [6.07, 6.45) is 6.71. The molecule has 4 N–H and O–H groups in total. The van der Waals surface area contributed by atoms with Gasteiger partial charge in [-0.2, -0.15) is 5.10 Å². The van der Waals surface area contributed by atoms with Gasteiger partial charge in [-0.25, -0.2) is 0 Å². The van der Waals surface area contributed by atoms with Crippen molar-refractivity contribution in [1.29, 1.82) is 5.41 Å². The number of rotatable bonds is 2. The van der Waals surface area contributed by atoms with Crippen LogP contribution in [0.3, 0.4) is 0 Å². The molecule has 1 aromatic rings. The number of nitrogens with one attached hydrogen (secondary N) is 2. The molecule has 0 radical (unpaired) electrons. The maximum Gasteiger partial charge on any atom is 0.264 e. The van der Waals surface area contributed by atoms with Gasteiger partial charge >= 0.3 is 0 Å². The first kappa shape index (κ1) is 12.6. The number of nitrogens with two attached hydrogens (primary N) is 1. The van der Waals surface area contributed by atoms with E-state index in [1.165, 1.54) is 17.5 Å². The molecule has 6 nitrogen and oxygen atoms in total. The van der Waals surface area contributed by atoms with Gasteiger partial charge in [-0.1, -0.05) is 19.3 Å². The molecule has 1 aliphatic rings. The van der Waals surface area contributed by atoms with E-state index in [1.807, 2.05) is 0 Å². The van der Waals surface area contributed by atoms with Gasteiger partial charge in [0.05, 0.1) is 11.8 Å². The summed E-state index contributed by atoms with van der Waals surface area (Å²) in [6, 6.07) is 0.0537. The Morgan fingerprint density at radius 3 is 2.67 bits per heavy atom. The number of guanidine groups is 1. The molecule has 1 amide bonds. The van der Waals surface area contributed by atoms with Gasteiger partial charge in [-0.15, -0.1) is 0 Å². The van der Waals surface area contributed by atoms with Crippen molar-refractivity contribution in [1.82, 2.24) is 15.1 Å². The minimum absolute atomic E-state index is 0.0537. The van der Waals surface area contributed by atoms with Crippen molar-refractivity contribution in [2.24, 2.45) is 5.73 Å². The molecule has 1 saturated carbocycles. The van der Waals surface area contributed by atoms with Crippen LogP contribution in [0.1, 0.15) is 48.2 Å². The highest BCUT2D eigenvalue weighted by molar-refractivity contribution is 6.05. The zero-order valence-corrected chi connectivity index (χ0v) is 10.6. The Balaban J connectivity index is 2.22. The molecular weight excluding hydrogens is 230 g/mol. The molecule has 1 aromatic heterocycles. The summed E-state index contributed by atoms with van der Waals surface area (Å²) in [6.45, 7) is 1.79. The van der Waals surface area contributed by atoms with Crippen LogP contribution in [0.25, 0.3) is 0 Å². The van der Waals surface area contributed by atoms with Crippen molar-refractivity contribution in [2.75, 3.05) is 0 Å². The van der Waals surface area contributed by atoms with Crippen molar-refractivity contribution in [3.63, 3.8) is 0 Å². The van der Waals surface area contributed by atoms with E-state index in [9.17, 15) is 4.79 Å². The topological polar surface area (TPSA) is 98.9 Å². The van der Waals surface area contributed by atoms with E-state index in [1.54, 1.807) is 6.92 Å². The van der Waals surface area contributed by atoms with Crippen molar-refractivity contribution in [2.45, 2.75) is 45.1 Å². The van der Waals surface area contributed by atoms with Gasteiger partial charge < -0.3 is 5.73 Å². The Hall–Kier alpha value is -1.85. The van der Waals surface area contributed by atoms with Crippen LogP contribution < -0.4 is 5.73 Å². The molecule has 1 aliphatic carbocycles. The number of H-pyrrole nitrogens is 1. The van der Waals surface area contributed by atoms with Crippen LogP contribution >= 0.6 is 0 Å². The number of nitrogens with zero attached hydrogens (tertiary/aromatic N) is 2. The van der Waals surface area contributed by atoms with Gasteiger partial charge in [0.2, 0.25) is 0 Å². The minimum atomic E-state index is -0.222. The van der Waals surface area contributed by atoms with Gasteiger partial charge in [-0.05, 0) is 19.8 Å². The van der Waals surface area contributed by atoms with Crippen LogP contribution in [-0.4, -0.2) is 33.0 Å². The fraction of sp³-hybridized carbons (Fsp3) is 0.583. The quantitative estimate of drug-likeness (QED) is 0.545. The summed E-state index contributed by atoms with van der Waals surface area (Å²) < 4.78 is 0. The third kappa shape index (κ3) is 2.37. The third-order valence-electron chi connectivity index (χ3n) is 3.48. The number of aromatic nitrogens is 2. The van der Waals surface area contributed by atoms with Gasteiger partial charge in [0.15, 0.2) is 5.96 Å². The number of hydrogen-bond acceptors (Lipinski definition) is 3. The fourth-order valence-electron chi connectivity index (χ4n) is 2.51. The highest BCUT2D eigenvalue weighted by Gasteiger charge is 2.29. The fourth-order valence-corrected chi connectivity index (χ4v) is 2.51. The SMILES string of the molecule is Cc1[nH]ncc1C(=O)N(C(=N)N)C1CCCCC1. The van der Waals surface area contributed by atoms with Crippen LogP contribution in [-0.2, 0) is 0 Å². The lowest BCUT2D eigenvalue weighted by atomic mass is 9.94. The first-order valence-electron chi connectivity index (χ1n) is 6.29. The average Bonchev–Trinajstić information content (AvgIpc) is 2.76. The minimum Gasteiger partial charge on any atom is -0.370 e. The van der Waals surface area contributed by atoms with E-state index in [2.05, 4.69) is 10.2 Å². The Morgan fingerprint density at radius 2 is 2.17 bits per heavy atom. The number of aryl methyl sites for hydroxylation is 1. The van der Waals surface area contributed by atoms with Crippen LogP contribution in [0, 0.1) is 12.3 Å². The third-order valence-corrected chi connectivity index (χ3v) is 3.48. The number of amides is 1. The molecule has 6 heteroatoms. The van der Waals surface area contributed by atoms with E-state index >= 15 is 0 Å². The molecular formula is C12H19N5O. The maximum atomic E-state index is 12.4. The zero-order valence-electron chi connectivity index (χ0n) is 10.6. The monoisotopic (exact) mass is 249 g/mol. The Morgan fingerprint density at radius 1 is 1.50 bits per heavy atom. The van der Waals surface area contributed by atoms with Crippen molar-refractivity contribution < 1.29 is 4.79 Å². The summed E-state index contributed by atoms with van der Waals surface area (Å²) in [5, 5.41) is 14.2. The Kier molecular flexibility index (Phi) is 3.64. The lowest BCUT2D eigenvalue weighted by Gasteiger charge is -2.32. The number of carbonyl (C=O) groups excluding carboxylic acids is 1. The second-order valence-corrected chi connectivity index (χ2v) is 4.76. The van der Waals surface area contributed by atoms with Crippen LogP contribution in [0.2, 0.25) is 0 Å². The predicted octanol–water partition coefficient (Wildman–Crippen LogP) is 1.39. The summed E-state index contributed by atoms with van der Waals surface area (Å²) in [7, 11) is 0. The lowest BCUT2D eigenvalue weighted by molar-refractivity contribution is 0.0772. The van der Waals surface area contributed by atoms with E-state index in [4.69, 9.17) is 11.1 Å². The molecule has 0 bridgehead atoms. The van der Waals surface area contributed by atoms with Gasteiger partial charge in [0.1, 0.15) is 0 Å². The molecule has 0 aromatic carbocycles. The summed E-state index contributed by atoms with van der Waals surface area (Å²) in [4.78, 5) is 13.8. The molecule has 98 valence electrons. The molecule has 2 rings (SSSR count). The van der Waals surface area contributed by atoms with E-state index in [0.717, 1.165) is 25.7 Å². The van der Waals surface area contributed by atoms with Gasteiger partial charge in [0, 0.05) is 11.7 Å². The van der Waals surface area contributed by atoms with Crippen LogP contribution in [0.4, 0.5) is 0 Å². The summed E-state index contributed by atoms with van der Waals surface area (Å²) >= 11 is 0. The maximum absolute atomic E-state index is 12.4. The van der Waals surface area contributed by atoms with Crippen LogP contribution in [0.15, 0.2) is 6.20 Å². The first-order chi connectivity index (χ1) is 8.61. The summed E-state index contributed by atoms with van der Waals surface area (Å²) in [5.74, 6) is -0.395. The number of hydrogen-bond donors (Lipinski definition) is 3. The molecule has 18 heavy (non-hydrogen) atoms. The van der Waals surface area contributed by atoms with Crippen molar-refractivity contribution >= 4 is 11.9 Å². The second kappa shape index (κ2) is 5.20. The van der Waals surface area contributed by atoms with Crippen molar-refractivity contribution in [3.8, 4) is 0 Å².